The highest BCUT2D eigenvalue weighted by Crippen LogP contribution is 2.27. The van der Waals surface area contributed by atoms with E-state index in [-0.39, 0.29) is 12.3 Å². The van der Waals surface area contributed by atoms with Crippen LogP contribution in [-0.2, 0) is 14.3 Å². The second kappa shape index (κ2) is 11.1. The van der Waals surface area contributed by atoms with Gasteiger partial charge < -0.3 is 15.4 Å². The zero-order chi connectivity index (χ0) is 22.1. The predicted molar refractivity (Wildman–Crippen MR) is 122 cm³/mol. The highest BCUT2D eigenvalue weighted by molar-refractivity contribution is 7.08. The van der Waals surface area contributed by atoms with E-state index in [4.69, 9.17) is 4.74 Å². The predicted octanol–water partition coefficient (Wildman–Crippen LogP) is 4.50. The monoisotopic (exact) mass is 436 g/mol. The van der Waals surface area contributed by atoms with Crippen molar-refractivity contribution in [2.24, 2.45) is 0 Å². The molecule has 2 N–H and O–H groups in total. The molecule has 31 heavy (non-hydrogen) atoms. The Balaban J connectivity index is 1.45. The van der Waals surface area contributed by atoms with E-state index in [1.54, 1.807) is 11.4 Å². The summed E-state index contributed by atoms with van der Waals surface area (Å²) in [4.78, 5) is 36.4. The van der Waals surface area contributed by atoms with Crippen LogP contribution in [0.25, 0.3) is 11.1 Å². The van der Waals surface area contributed by atoms with Gasteiger partial charge in [-0.05, 0) is 36.4 Å². The highest BCUT2D eigenvalue weighted by Gasteiger charge is 2.19. The highest BCUT2D eigenvalue weighted by atomic mass is 32.1. The summed E-state index contributed by atoms with van der Waals surface area (Å²) >= 11 is 1.45. The molecule has 6 nitrogen and oxygen atoms in total. The Morgan fingerprint density at radius 2 is 1.74 bits per heavy atom. The van der Waals surface area contributed by atoms with Crippen LogP contribution >= 0.6 is 11.3 Å². The molecular formula is C24H24N2O4S. The number of ether oxygens (including phenoxy) is 1. The molecule has 0 aliphatic rings. The number of esters is 1. The van der Waals surface area contributed by atoms with Crippen molar-refractivity contribution in [3.8, 4) is 11.1 Å². The maximum Gasteiger partial charge on any atom is 0.306 e. The molecule has 1 atom stereocenters. The second-order valence-electron chi connectivity index (χ2n) is 6.90. The van der Waals surface area contributed by atoms with Gasteiger partial charge in [0.05, 0.1) is 0 Å². The third-order valence-electron chi connectivity index (χ3n) is 4.57. The topological polar surface area (TPSA) is 84.5 Å². The van der Waals surface area contributed by atoms with Crippen molar-refractivity contribution >= 4 is 34.8 Å². The Morgan fingerprint density at radius 3 is 2.48 bits per heavy atom. The summed E-state index contributed by atoms with van der Waals surface area (Å²) in [5.74, 6) is -1.05. The number of amides is 2. The van der Waals surface area contributed by atoms with Gasteiger partial charge in [-0.3, -0.25) is 14.4 Å². The van der Waals surface area contributed by atoms with Gasteiger partial charge in [-0.2, -0.15) is 11.3 Å². The number of hydrogen-bond acceptors (Lipinski definition) is 5. The number of anilines is 1. The zero-order valence-electron chi connectivity index (χ0n) is 17.2. The van der Waals surface area contributed by atoms with E-state index in [9.17, 15) is 14.4 Å². The van der Waals surface area contributed by atoms with E-state index in [1.165, 1.54) is 18.3 Å². The number of carbonyl (C=O) groups is 3. The van der Waals surface area contributed by atoms with Gasteiger partial charge in [-0.15, -0.1) is 0 Å². The molecule has 2 aromatic carbocycles. The van der Waals surface area contributed by atoms with Crippen molar-refractivity contribution in [3.05, 3.63) is 77.0 Å². The van der Waals surface area contributed by atoms with Gasteiger partial charge in [0.25, 0.3) is 11.8 Å². The first-order valence-electron chi connectivity index (χ1n) is 10.00. The number of hydrogen-bond donors (Lipinski definition) is 2. The van der Waals surface area contributed by atoms with Gasteiger partial charge in [0.15, 0.2) is 6.10 Å². The van der Waals surface area contributed by atoms with Gasteiger partial charge in [0, 0.05) is 35.2 Å². The minimum absolute atomic E-state index is 0.113. The summed E-state index contributed by atoms with van der Waals surface area (Å²) in [6.45, 7) is 1.89. The molecule has 2 amide bonds. The molecule has 3 aromatic rings. The Bertz CT molecular complexity index is 1020. The van der Waals surface area contributed by atoms with Crippen LogP contribution in [0.1, 0.15) is 30.1 Å². The number of benzene rings is 2. The first kappa shape index (κ1) is 22.2. The Hall–Kier alpha value is -3.45. The van der Waals surface area contributed by atoms with E-state index in [2.05, 4.69) is 10.6 Å². The molecule has 7 heteroatoms. The van der Waals surface area contributed by atoms with Crippen molar-refractivity contribution in [2.45, 2.75) is 25.9 Å². The molecule has 1 aromatic heterocycles. The van der Waals surface area contributed by atoms with Crippen molar-refractivity contribution in [1.82, 2.24) is 5.32 Å². The van der Waals surface area contributed by atoms with E-state index in [0.717, 1.165) is 11.1 Å². The zero-order valence-corrected chi connectivity index (χ0v) is 18.0. The average molecular weight is 437 g/mol. The lowest BCUT2D eigenvalue weighted by Gasteiger charge is -2.16. The summed E-state index contributed by atoms with van der Waals surface area (Å²) in [7, 11) is 0. The van der Waals surface area contributed by atoms with Crippen molar-refractivity contribution in [1.29, 1.82) is 0 Å². The number of rotatable bonds is 9. The maximum atomic E-state index is 12.5. The van der Waals surface area contributed by atoms with Gasteiger partial charge in [-0.25, -0.2) is 0 Å². The van der Waals surface area contributed by atoms with Gasteiger partial charge in [0.1, 0.15) is 0 Å². The van der Waals surface area contributed by atoms with Crippen LogP contribution < -0.4 is 10.6 Å². The van der Waals surface area contributed by atoms with Gasteiger partial charge >= 0.3 is 5.97 Å². The van der Waals surface area contributed by atoms with Crippen LogP contribution in [0.15, 0.2) is 71.4 Å². The molecule has 0 fully saturated rings. The second-order valence-corrected chi connectivity index (χ2v) is 7.68. The summed E-state index contributed by atoms with van der Waals surface area (Å²) in [6, 6.07) is 18.9. The fourth-order valence-electron chi connectivity index (χ4n) is 2.94. The quantitative estimate of drug-likeness (QED) is 0.382. The minimum Gasteiger partial charge on any atom is -0.453 e. The first-order chi connectivity index (χ1) is 15.0. The van der Waals surface area contributed by atoms with Crippen molar-refractivity contribution in [3.63, 3.8) is 0 Å². The molecule has 3 rings (SSSR count). The van der Waals surface area contributed by atoms with Gasteiger partial charge in [0.2, 0.25) is 0 Å². The summed E-state index contributed by atoms with van der Waals surface area (Å²) in [6.07, 6.45) is -0.390. The number of nitrogens with one attached hydrogen (secondary N) is 2. The molecule has 0 saturated heterocycles. The molecule has 160 valence electrons. The Morgan fingerprint density at radius 1 is 1.00 bits per heavy atom. The van der Waals surface area contributed by atoms with Crippen LogP contribution in [0.5, 0.6) is 0 Å². The first-order valence-corrected chi connectivity index (χ1v) is 10.9. The standard InChI is InChI=1S/C24H24N2O4S/c1-17(30-22(27)12-7-14-25-24(29)19-13-15-31-16-19)23(28)26-21-11-6-5-10-20(21)18-8-3-2-4-9-18/h2-6,8-11,13,15-17H,7,12,14H2,1H3,(H,25,29)(H,26,28). The SMILES string of the molecule is CC(OC(=O)CCCNC(=O)c1ccsc1)C(=O)Nc1ccccc1-c1ccccc1. The summed E-state index contributed by atoms with van der Waals surface area (Å²) in [5.41, 5.74) is 3.12. The normalized spacial score (nSPS) is 11.4. The summed E-state index contributed by atoms with van der Waals surface area (Å²) in [5, 5.41) is 9.19. The molecule has 0 radical (unpaired) electrons. The van der Waals surface area contributed by atoms with Crippen LogP contribution in [0.4, 0.5) is 5.69 Å². The lowest BCUT2D eigenvalue weighted by Crippen LogP contribution is -2.30. The fourth-order valence-corrected chi connectivity index (χ4v) is 3.57. The van der Waals surface area contributed by atoms with Gasteiger partial charge in [-0.1, -0.05) is 48.5 Å². The molecule has 0 spiro atoms. The van der Waals surface area contributed by atoms with E-state index >= 15 is 0 Å². The number of carbonyl (C=O) groups excluding carboxylic acids is 3. The molecule has 0 bridgehead atoms. The fraction of sp³-hybridized carbons (Fsp3) is 0.208. The third-order valence-corrected chi connectivity index (χ3v) is 5.26. The molecular weight excluding hydrogens is 412 g/mol. The van der Waals surface area contributed by atoms with E-state index in [0.29, 0.717) is 24.2 Å². The van der Waals surface area contributed by atoms with E-state index < -0.39 is 18.0 Å². The van der Waals surface area contributed by atoms with Crippen LogP contribution in [0.2, 0.25) is 0 Å². The third kappa shape index (κ3) is 6.52. The smallest absolute Gasteiger partial charge is 0.306 e. The lowest BCUT2D eigenvalue weighted by molar-refractivity contribution is -0.153. The Kier molecular flexibility index (Phi) is 7.95. The maximum absolute atomic E-state index is 12.5. The molecule has 0 aliphatic heterocycles. The molecule has 1 heterocycles. The molecule has 1 unspecified atom stereocenters. The number of thiophene rings is 1. The lowest BCUT2D eigenvalue weighted by atomic mass is 10.0. The van der Waals surface area contributed by atoms with E-state index in [1.807, 2.05) is 60.0 Å². The number of para-hydroxylation sites is 1. The van der Waals surface area contributed by atoms with Crippen LogP contribution in [0, 0.1) is 0 Å². The van der Waals surface area contributed by atoms with Crippen LogP contribution in [-0.4, -0.2) is 30.4 Å². The Labute approximate surface area is 185 Å². The van der Waals surface area contributed by atoms with Crippen LogP contribution in [0.3, 0.4) is 0 Å². The molecule has 0 aliphatic carbocycles. The minimum atomic E-state index is -0.934. The largest absolute Gasteiger partial charge is 0.453 e. The van der Waals surface area contributed by atoms with Crippen molar-refractivity contribution in [2.75, 3.05) is 11.9 Å². The molecule has 0 saturated carbocycles. The average Bonchev–Trinajstić information content (AvgIpc) is 3.32. The summed E-state index contributed by atoms with van der Waals surface area (Å²) < 4.78 is 5.25. The van der Waals surface area contributed by atoms with Crippen molar-refractivity contribution < 1.29 is 19.1 Å².